The quantitative estimate of drug-likeness (QED) is 0.828. The predicted molar refractivity (Wildman–Crippen MR) is 78.5 cm³/mol. The number of carbonyl (C=O) groups excluding carboxylic acids is 1. The van der Waals surface area contributed by atoms with Gasteiger partial charge in [0.25, 0.3) is 0 Å². The molecule has 2 N–H and O–H groups in total. The van der Waals surface area contributed by atoms with Gasteiger partial charge in [-0.15, -0.1) is 0 Å². The molecule has 0 saturated heterocycles. The first kappa shape index (κ1) is 14.8. The molecule has 0 aliphatic rings. The van der Waals surface area contributed by atoms with Crippen molar-refractivity contribution in [3.05, 3.63) is 42.0 Å². The van der Waals surface area contributed by atoms with Crippen molar-refractivity contribution in [3.8, 4) is 11.8 Å². The lowest BCUT2D eigenvalue weighted by atomic mass is 10.1. The standard InChI is InChI=1S/C15H16N4O2/c1-11-5-6-13(4-3-7-20)14(8-11)18-15(21)12(2)19-10-16-9-17-19/h5-6,8-10,12,20H,7H2,1-2H3,(H,18,21). The Bertz CT molecular complexity index is 683. The van der Waals surface area contributed by atoms with Gasteiger partial charge < -0.3 is 10.4 Å². The van der Waals surface area contributed by atoms with Crippen LogP contribution >= 0.6 is 0 Å². The summed E-state index contributed by atoms with van der Waals surface area (Å²) in [6, 6.07) is 5.07. The molecule has 1 heterocycles. The summed E-state index contributed by atoms with van der Waals surface area (Å²) >= 11 is 0. The van der Waals surface area contributed by atoms with Gasteiger partial charge in [-0.25, -0.2) is 9.67 Å². The van der Waals surface area contributed by atoms with Crippen molar-refractivity contribution < 1.29 is 9.90 Å². The van der Waals surface area contributed by atoms with Gasteiger partial charge in [-0.05, 0) is 31.5 Å². The SMILES string of the molecule is Cc1ccc(C#CCO)c(NC(=O)C(C)n2cncn2)c1. The molecule has 21 heavy (non-hydrogen) atoms. The average molecular weight is 284 g/mol. The van der Waals surface area contributed by atoms with E-state index >= 15 is 0 Å². The number of carbonyl (C=O) groups is 1. The van der Waals surface area contributed by atoms with E-state index in [1.807, 2.05) is 25.1 Å². The number of hydrogen-bond acceptors (Lipinski definition) is 4. The minimum atomic E-state index is -0.480. The average Bonchev–Trinajstić information content (AvgIpc) is 2.99. The molecular formula is C15H16N4O2. The second-order valence-electron chi connectivity index (χ2n) is 4.55. The minimum absolute atomic E-state index is 0.210. The normalized spacial score (nSPS) is 11.4. The van der Waals surface area contributed by atoms with Gasteiger partial charge >= 0.3 is 0 Å². The van der Waals surface area contributed by atoms with Gasteiger partial charge in [-0.2, -0.15) is 5.10 Å². The summed E-state index contributed by atoms with van der Waals surface area (Å²) in [7, 11) is 0. The fourth-order valence-electron chi connectivity index (χ4n) is 1.78. The summed E-state index contributed by atoms with van der Waals surface area (Å²) < 4.78 is 1.48. The predicted octanol–water partition coefficient (Wildman–Crippen LogP) is 1.13. The molecule has 2 aromatic rings. The van der Waals surface area contributed by atoms with Gasteiger partial charge in [0, 0.05) is 5.56 Å². The van der Waals surface area contributed by atoms with Crippen molar-refractivity contribution in [2.75, 3.05) is 11.9 Å². The van der Waals surface area contributed by atoms with Crippen LogP contribution in [0.1, 0.15) is 24.1 Å². The van der Waals surface area contributed by atoms with Crippen molar-refractivity contribution in [2.45, 2.75) is 19.9 Å². The summed E-state index contributed by atoms with van der Waals surface area (Å²) in [4.78, 5) is 16.1. The highest BCUT2D eigenvalue weighted by Crippen LogP contribution is 2.18. The highest BCUT2D eigenvalue weighted by molar-refractivity contribution is 5.94. The van der Waals surface area contributed by atoms with Gasteiger partial charge in [-0.3, -0.25) is 4.79 Å². The second kappa shape index (κ2) is 6.68. The van der Waals surface area contributed by atoms with E-state index in [0.29, 0.717) is 11.3 Å². The lowest BCUT2D eigenvalue weighted by molar-refractivity contribution is -0.119. The summed E-state index contributed by atoms with van der Waals surface area (Å²) in [5, 5.41) is 15.6. The molecule has 108 valence electrons. The van der Waals surface area contributed by atoms with Gasteiger partial charge in [-0.1, -0.05) is 17.9 Å². The van der Waals surface area contributed by atoms with E-state index < -0.39 is 6.04 Å². The number of amides is 1. The number of aryl methyl sites for hydroxylation is 1. The molecule has 1 amide bonds. The molecule has 1 atom stereocenters. The van der Waals surface area contributed by atoms with E-state index in [1.54, 1.807) is 6.92 Å². The van der Waals surface area contributed by atoms with E-state index in [-0.39, 0.29) is 12.5 Å². The molecule has 6 heteroatoms. The maximum Gasteiger partial charge on any atom is 0.249 e. The monoisotopic (exact) mass is 284 g/mol. The van der Waals surface area contributed by atoms with Crippen LogP contribution in [0.15, 0.2) is 30.9 Å². The van der Waals surface area contributed by atoms with E-state index in [9.17, 15) is 4.79 Å². The Hall–Kier alpha value is -2.65. The molecule has 0 bridgehead atoms. The van der Waals surface area contributed by atoms with Gasteiger partial charge in [0.2, 0.25) is 5.91 Å². The molecule has 1 unspecified atom stereocenters. The van der Waals surface area contributed by atoms with Crippen molar-refractivity contribution in [3.63, 3.8) is 0 Å². The molecule has 1 aromatic carbocycles. The number of benzene rings is 1. The minimum Gasteiger partial charge on any atom is -0.384 e. The Morgan fingerprint density at radius 1 is 1.52 bits per heavy atom. The Balaban J connectivity index is 2.22. The molecule has 0 aliphatic heterocycles. The Labute approximate surface area is 122 Å². The number of aromatic nitrogens is 3. The number of nitrogens with one attached hydrogen (secondary N) is 1. The summed E-state index contributed by atoms with van der Waals surface area (Å²) in [6.45, 7) is 3.44. The van der Waals surface area contributed by atoms with Crippen LogP contribution in [0.4, 0.5) is 5.69 Å². The molecule has 1 aromatic heterocycles. The third-order valence-electron chi connectivity index (χ3n) is 2.95. The second-order valence-corrected chi connectivity index (χ2v) is 4.55. The van der Waals surface area contributed by atoms with E-state index in [0.717, 1.165) is 5.56 Å². The maximum atomic E-state index is 12.3. The molecule has 0 aliphatic carbocycles. The highest BCUT2D eigenvalue weighted by Gasteiger charge is 2.16. The molecule has 0 radical (unpaired) electrons. The maximum absolute atomic E-state index is 12.3. The lowest BCUT2D eigenvalue weighted by Crippen LogP contribution is -2.24. The first-order valence-electron chi connectivity index (χ1n) is 6.47. The molecule has 0 saturated carbocycles. The lowest BCUT2D eigenvalue weighted by Gasteiger charge is -2.13. The van der Waals surface area contributed by atoms with Gasteiger partial charge in [0.1, 0.15) is 25.3 Å². The Morgan fingerprint density at radius 3 is 3.00 bits per heavy atom. The topological polar surface area (TPSA) is 80.0 Å². The van der Waals surface area contributed by atoms with Crippen LogP contribution in [-0.4, -0.2) is 32.4 Å². The van der Waals surface area contributed by atoms with Crippen LogP contribution in [0.5, 0.6) is 0 Å². The molecule has 0 fully saturated rings. The summed E-state index contributed by atoms with van der Waals surface area (Å²) in [6.07, 6.45) is 2.88. The Morgan fingerprint density at radius 2 is 2.33 bits per heavy atom. The van der Waals surface area contributed by atoms with Crippen LogP contribution in [0.2, 0.25) is 0 Å². The number of rotatable bonds is 3. The Kier molecular flexibility index (Phi) is 4.69. The summed E-state index contributed by atoms with van der Waals surface area (Å²) in [5.41, 5.74) is 2.29. The first-order valence-corrected chi connectivity index (χ1v) is 6.47. The largest absolute Gasteiger partial charge is 0.384 e. The number of aliphatic hydroxyl groups is 1. The third-order valence-corrected chi connectivity index (χ3v) is 2.95. The van der Waals surface area contributed by atoms with Crippen LogP contribution in [0.25, 0.3) is 0 Å². The summed E-state index contributed by atoms with van der Waals surface area (Å²) in [5.74, 6) is 5.19. The number of hydrogen-bond donors (Lipinski definition) is 2. The van der Waals surface area contributed by atoms with Crippen molar-refractivity contribution >= 4 is 11.6 Å². The van der Waals surface area contributed by atoms with E-state index in [4.69, 9.17) is 5.11 Å². The smallest absolute Gasteiger partial charge is 0.249 e. The van der Waals surface area contributed by atoms with Crippen LogP contribution in [0, 0.1) is 18.8 Å². The van der Waals surface area contributed by atoms with Crippen LogP contribution in [0.3, 0.4) is 0 Å². The zero-order valence-corrected chi connectivity index (χ0v) is 11.9. The fourth-order valence-corrected chi connectivity index (χ4v) is 1.78. The first-order chi connectivity index (χ1) is 10.1. The zero-order chi connectivity index (χ0) is 15.2. The number of nitrogens with zero attached hydrogens (tertiary/aromatic N) is 3. The molecule has 6 nitrogen and oxygen atoms in total. The molecule has 0 spiro atoms. The highest BCUT2D eigenvalue weighted by atomic mass is 16.2. The van der Waals surface area contributed by atoms with Gasteiger partial charge in [0.05, 0.1) is 5.69 Å². The zero-order valence-electron chi connectivity index (χ0n) is 11.9. The molecule has 2 rings (SSSR count). The fraction of sp³-hybridized carbons (Fsp3) is 0.267. The number of anilines is 1. The molecular weight excluding hydrogens is 268 g/mol. The van der Waals surface area contributed by atoms with Crippen LogP contribution < -0.4 is 5.32 Å². The van der Waals surface area contributed by atoms with E-state index in [2.05, 4.69) is 27.2 Å². The third kappa shape index (κ3) is 3.68. The van der Waals surface area contributed by atoms with E-state index in [1.165, 1.54) is 17.3 Å². The van der Waals surface area contributed by atoms with Gasteiger partial charge in [0.15, 0.2) is 0 Å². The van der Waals surface area contributed by atoms with Crippen molar-refractivity contribution in [1.82, 2.24) is 14.8 Å². The van der Waals surface area contributed by atoms with Crippen LogP contribution in [-0.2, 0) is 4.79 Å². The van der Waals surface area contributed by atoms with Crippen molar-refractivity contribution in [2.24, 2.45) is 0 Å². The number of aliphatic hydroxyl groups excluding tert-OH is 1. The van der Waals surface area contributed by atoms with Crippen molar-refractivity contribution in [1.29, 1.82) is 0 Å².